The van der Waals surface area contributed by atoms with Gasteiger partial charge in [-0.3, -0.25) is 0 Å². The fourth-order valence-corrected chi connectivity index (χ4v) is 3.09. The van der Waals surface area contributed by atoms with Crippen LogP contribution < -0.4 is 5.73 Å². The van der Waals surface area contributed by atoms with Gasteiger partial charge in [0.2, 0.25) is 0 Å². The van der Waals surface area contributed by atoms with E-state index in [9.17, 15) is 8.42 Å². The van der Waals surface area contributed by atoms with Gasteiger partial charge in [-0.05, 0) is 48.9 Å². The van der Waals surface area contributed by atoms with Gasteiger partial charge >= 0.3 is 0 Å². The topological polar surface area (TPSA) is 73.0 Å². The van der Waals surface area contributed by atoms with Crippen LogP contribution in [0.3, 0.4) is 0 Å². The quantitative estimate of drug-likeness (QED) is 0.940. The minimum Gasteiger partial charge on any atom is -0.324 e. The molecule has 2 rings (SSSR count). The summed E-state index contributed by atoms with van der Waals surface area (Å²) in [6.07, 6.45) is 2.93. The van der Waals surface area contributed by atoms with Crippen LogP contribution in [0, 0.1) is 0 Å². The third kappa shape index (κ3) is 3.82. The molecule has 0 aliphatic heterocycles. The Bertz CT molecular complexity index is 695. The van der Waals surface area contributed by atoms with Crippen molar-refractivity contribution < 1.29 is 8.42 Å². The molecule has 0 saturated carbocycles. The normalized spacial score (nSPS) is 13.2. The molecule has 1 aromatic carbocycles. The highest BCUT2D eigenvalue weighted by molar-refractivity contribution is 7.99. The molecule has 0 radical (unpaired) electrons. The molecule has 0 amide bonds. The number of nitrogens with two attached hydrogens (primary N) is 1. The van der Waals surface area contributed by atoms with E-state index in [1.54, 1.807) is 30.5 Å². The van der Waals surface area contributed by atoms with Gasteiger partial charge in [0, 0.05) is 23.4 Å². The first-order chi connectivity index (χ1) is 9.36. The molecule has 0 aliphatic carbocycles. The Morgan fingerprint density at radius 1 is 1.20 bits per heavy atom. The molecule has 2 N–H and O–H groups in total. The van der Waals surface area contributed by atoms with Gasteiger partial charge in [0.15, 0.2) is 9.84 Å². The van der Waals surface area contributed by atoms with Crippen molar-refractivity contribution in [2.75, 3.05) is 6.26 Å². The van der Waals surface area contributed by atoms with E-state index in [1.165, 1.54) is 18.0 Å². The second-order valence-electron chi connectivity index (χ2n) is 4.56. The summed E-state index contributed by atoms with van der Waals surface area (Å²) in [6, 6.07) is 10.6. The lowest BCUT2D eigenvalue weighted by atomic mass is 10.1. The lowest BCUT2D eigenvalue weighted by Gasteiger charge is -2.07. The number of nitrogens with zero attached hydrogens (tertiary/aromatic N) is 1. The minimum atomic E-state index is -3.15. The Hall–Kier alpha value is -1.37. The molecule has 1 heterocycles. The Morgan fingerprint density at radius 3 is 2.40 bits per heavy atom. The van der Waals surface area contributed by atoms with Crippen LogP contribution >= 0.6 is 11.8 Å². The monoisotopic (exact) mass is 308 g/mol. The maximum absolute atomic E-state index is 11.4. The zero-order chi connectivity index (χ0) is 14.8. The summed E-state index contributed by atoms with van der Waals surface area (Å²) in [5.41, 5.74) is 6.86. The zero-order valence-corrected chi connectivity index (χ0v) is 12.9. The predicted molar refractivity (Wildman–Crippen MR) is 80.5 cm³/mol. The molecule has 0 unspecified atom stereocenters. The molecule has 0 fully saturated rings. The summed E-state index contributed by atoms with van der Waals surface area (Å²) in [5.74, 6) is 0. The minimum absolute atomic E-state index is 0.0371. The average molecular weight is 308 g/mol. The Balaban J connectivity index is 2.20. The van der Waals surface area contributed by atoms with Gasteiger partial charge in [-0.1, -0.05) is 11.8 Å². The van der Waals surface area contributed by atoms with E-state index in [2.05, 4.69) is 4.98 Å². The first kappa shape index (κ1) is 15.0. The number of sulfone groups is 1. The average Bonchev–Trinajstić information content (AvgIpc) is 2.38. The third-order valence-corrected chi connectivity index (χ3v) is 4.83. The van der Waals surface area contributed by atoms with Crippen LogP contribution in [0.5, 0.6) is 0 Å². The van der Waals surface area contributed by atoms with Crippen molar-refractivity contribution in [2.24, 2.45) is 5.73 Å². The molecule has 20 heavy (non-hydrogen) atoms. The maximum Gasteiger partial charge on any atom is 0.175 e. The first-order valence-electron chi connectivity index (χ1n) is 6.06. The van der Waals surface area contributed by atoms with E-state index in [0.29, 0.717) is 4.90 Å². The highest BCUT2D eigenvalue weighted by Gasteiger charge is 2.07. The number of aromatic nitrogens is 1. The standard InChI is InChI=1S/C14H16N2O2S2/c1-10(15)11-7-8-16-14(9-11)19-12-3-5-13(6-4-12)20(2,17)18/h3-10H,15H2,1-2H3/t10-/m0/s1. The molecule has 1 aromatic heterocycles. The highest BCUT2D eigenvalue weighted by atomic mass is 32.2. The van der Waals surface area contributed by atoms with Gasteiger partial charge in [-0.2, -0.15) is 0 Å². The Morgan fingerprint density at radius 2 is 1.85 bits per heavy atom. The molecule has 1 atom stereocenters. The molecule has 106 valence electrons. The Labute approximate surface area is 123 Å². The molecule has 2 aromatic rings. The number of rotatable bonds is 4. The van der Waals surface area contributed by atoms with Crippen LogP contribution in [-0.2, 0) is 9.84 Å². The SMILES string of the molecule is C[C@H](N)c1ccnc(Sc2ccc(S(C)(=O)=O)cc2)c1. The fourth-order valence-electron chi connectivity index (χ4n) is 1.64. The van der Waals surface area contributed by atoms with E-state index in [1.807, 2.05) is 19.1 Å². The van der Waals surface area contributed by atoms with E-state index >= 15 is 0 Å². The van der Waals surface area contributed by atoms with E-state index in [-0.39, 0.29) is 6.04 Å². The summed E-state index contributed by atoms with van der Waals surface area (Å²) in [7, 11) is -3.15. The fraction of sp³-hybridized carbons (Fsp3) is 0.214. The number of benzene rings is 1. The van der Waals surface area contributed by atoms with Crippen molar-refractivity contribution in [1.82, 2.24) is 4.98 Å². The van der Waals surface area contributed by atoms with Gasteiger partial charge in [-0.15, -0.1) is 0 Å². The lowest BCUT2D eigenvalue weighted by Crippen LogP contribution is -2.04. The molecular weight excluding hydrogens is 292 g/mol. The smallest absolute Gasteiger partial charge is 0.175 e. The van der Waals surface area contributed by atoms with E-state index in [0.717, 1.165) is 15.5 Å². The van der Waals surface area contributed by atoms with Crippen molar-refractivity contribution >= 4 is 21.6 Å². The van der Waals surface area contributed by atoms with Crippen LogP contribution in [-0.4, -0.2) is 19.7 Å². The van der Waals surface area contributed by atoms with E-state index in [4.69, 9.17) is 5.73 Å². The molecule has 0 bridgehead atoms. The van der Waals surface area contributed by atoms with E-state index < -0.39 is 9.84 Å². The van der Waals surface area contributed by atoms with Gasteiger partial charge in [0.25, 0.3) is 0 Å². The maximum atomic E-state index is 11.4. The van der Waals surface area contributed by atoms with Crippen LogP contribution in [0.15, 0.2) is 57.4 Å². The first-order valence-corrected chi connectivity index (χ1v) is 8.76. The molecule has 4 nitrogen and oxygen atoms in total. The lowest BCUT2D eigenvalue weighted by molar-refractivity contribution is 0.602. The van der Waals surface area contributed by atoms with Gasteiger partial charge in [-0.25, -0.2) is 13.4 Å². The van der Waals surface area contributed by atoms with Gasteiger partial charge in [0.05, 0.1) is 4.90 Å². The van der Waals surface area contributed by atoms with Crippen LogP contribution in [0.25, 0.3) is 0 Å². The summed E-state index contributed by atoms with van der Waals surface area (Å²) < 4.78 is 22.8. The highest BCUT2D eigenvalue weighted by Crippen LogP contribution is 2.28. The van der Waals surface area contributed by atoms with Crippen molar-refractivity contribution in [3.05, 3.63) is 48.2 Å². The van der Waals surface area contributed by atoms with Crippen molar-refractivity contribution in [3.8, 4) is 0 Å². The molecule has 6 heteroatoms. The van der Waals surface area contributed by atoms with Crippen molar-refractivity contribution in [1.29, 1.82) is 0 Å². The molecular formula is C14H16N2O2S2. The third-order valence-electron chi connectivity index (χ3n) is 2.76. The number of pyridine rings is 1. The van der Waals surface area contributed by atoms with Crippen molar-refractivity contribution in [2.45, 2.75) is 27.8 Å². The summed E-state index contributed by atoms with van der Waals surface area (Å²) >= 11 is 1.48. The summed E-state index contributed by atoms with van der Waals surface area (Å²) in [6.45, 7) is 1.92. The Kier molecular flexibility index (Phi) is 4.47. The summed E-state index contributed by atoms with van der Waals surface area (Å²) in [5, 5.41) is 0.840. The second kappa shape index (κ2) is 5.95. The van der Waals surface area contributed by atoms with Gasteiger partial charge < -0.3 is 5.73 Å². The second-order valence-corrected chi connectivity index (χ2v) is 7.67. The molecule has 0 spiro atoms. The van der Waals surface area contributed by atoms with Crippen LogP contribution in [0.1, 0.15) is 18.5 Å². The number of hydrogen-bond donors (Lipinski definition) is 1. The van der Waals surface area contributed by atoms with Gasteiger partial charge in [0.1, 0.15) is 5.03 Å². The van der Waals surface area contributed by atoms with Crippen LogP contribution in [0.2, 0.25) is 0 Å². The van der Waals surface area contributed by atoms with Crippen LogP contribution in [0.4, 0.5) is 0 Å². The largest absolute Gasteiger partial charge is 0.324 e. The summed E-state index contributed by atoms with van der Waals surface area (Å²) in [4.78, 5) is 5.53. The zero-order valence-electron chi connectivity index (χ0n) is 11.3. The molecule has 0 aliphatic rings. The molecule has 0 saturated heterocycles. The van der Waals surface area contributed by atoms with Crippen molar-refractivity contribution in [3.63, 3.8) is 0 Å². The predicted octanol–water partition coefficient (Wildman–Crippen LogP) is 2.66. The number of hydrogen-bond acceptors (Lipinski definition) is 5.